The number of urea groups is 1. The molecule has 0 aromatic heterocycles. The molecule has 166 valence electrons. The zero-order valence-corrected chi connectivity index (χ0v) is 17.9. The molecule has 31 heavy (non-hydrogen) atoms. The number of amides is 5. The molecule has 1 fully saturated rings. The van der Waals surface area contributed by atoms with Gasteiger partial charge in [-0.05, 0) is 45.7 Å². The van der Waals surface area contributed by atoms with Crippen molar-refractivity contribution in [2.75, 3.05) is 0 Å². The summed E-state index contributed by atoms with van der Waals surface area (Å²) in [6.07, 6.45) is 3.65. The van der Waals surface area contributed by atoms with E-state index in [2.05, 4.69) is 10.6 Å². The lowest BCUT2D eigenvalue weighted by Gasteiger charge is -2.24. The smallest absolute Gasteiger partial charge is 0.329 e. The predicted molar refractivity (Wildman–Crippen MR) is 110 cm³/mol. The van der Waals surface area contributed by atoms with Crippen molar-refractivity contribution in [3.05, 3.63) is 34.9 Å². The Kier molecular flexibility index (Phi) is 6.72. The van der Waals surface area contributed by atoms with Crippen LogP contribution in [-0.2, 0) is 14.3 Å². The molecule has 1 aromatic carbocycles. The summed E-state index contributed by atoms with van der Waals surface area (Å²) in [5.41, 5.74) is 1.27. The molecule has 1 saturated carbocycles. The van der Waals surface area contributed by atoms with Crippen LogP contribution in [0, 0.1) is 6.92 Å². The van der Waals surface area contributed by atoms with E-state index in [4.69, 9.17) is 4.74 Å². The van der Waals surface area contributed by atoms with Crippen LogP contribution in [0.2, 0.25) is 0 Å². The van der Waals surface area contributed by atoms with Crippen molar-refractivity contribution >= 4 is 29.7 Å². The standard InChI is InChI=1S/C22H27N3O6/c1-12-9-10-16-17(11-12)20(28)25(19(16)27)13(2)21(29)31-14(3)18(26)24-22(30)23-15-7-5-4-6-8-15/h9-11,13-15H,4-8H2,1-3H3,(H2,23,24,26,30). The normalized spacial score (nSPS) is 18.2. The first-order chi connectivity index (χ1) is 14.7. The summed E-state index contributed by atoms with van der Waals surface area (Å²) in [7, 11) is 0. The fourth-order valence-corrected chi connectivity index (χ4v) is 3.84. The number of nitrogens with one attached hydrogen (secondary N) is 2. The number of aryl methyl sites for hydroxylation is 1. The van der Waals surface area contributed by atoms with Crippen molar-refractivity contribution in [3.8, 4) is 0 Å². The van der Waals surface area contributed by atoms with E-state index in [1.165, 1.54) is 13.8 Å². The van der Waals surface area contributed by atoms with Crippen LogP contribution in [0.25, 0.3) is 0 Å². The van der Waals surface area contributed by atoms with Gasteiger partial charge in [-0.2, -0.15) is 0 Å². The molecule has 1 aromatic rings. The average Bonchev–Trinajstić information content (AvgIpc) is 2.97. The van der Waals surface area contributed by atoms with E-state index in [0.717, 1.165) is 42.6 Å². The molecule has 0 spiro atoms. The number of hydrogen-bond acceptors (Lipinski definition) is 6. The SMILES string of the molecule is Cc1ccc2c(c1)C(=O)N(C(C)C(=O)OC(C)C(=O)NC(=O)NC1CCCCC1)C2=O. The molecule has 9 heteroatoms. The summed E-state index contributed by atoms with van der Waals surface area (Å²) in [5, 5.41) is 4.91. The molecule has 1 aliphatic heterocycles. The van der Waals surface area contributed by atoms with Crippen LogP contribution < -0.4 is 10.6 Å². The molecule has 0 radical (unpaired) electrons. The molecule has 2 N–H and O–H groups in total. The highest BCUT2D eigenvalue weighted by atomic mass is 16.5. The second-order valence-electron chi connectivity index (χ2n) is 8.08. The first-order valence-electron chi connectivity index (χ1n) is 10.5. The van der Waals surface area contributed by atoms with Gasteiger partial charge in [-0.15, -0.1) is 0 Å². The van der Waals surface area contributed by atoms with Gasteiger partial charge >= 0.3 is 12.0 Å². The van der Waals surface area contributed by atoms with E-state index in [1.807, 2.05) is 0 Å². The molecule has 2 unspecified atom stereocenters. The van der Waals surface area contributed by atoms with E-state index in [-0.39, 0.29) is 17.2 Å². The Bertz CT molecular complexity index is 922. The van der Waals surface area contributed by atoms with Crippen molar-refractivity contribution in [3.63, 3.8) is 0 Å². The Balaban J connectivity index is 1.55. The number of benzene rings is 1. The van der Waals surface area contributed by atoms with E-state index in [9.17, 15) is 24.0 Å². The van der Waals surface area contributed by atoms with Crippen LogP contribution in [-0.4, -0.2) is 52.8 Å². The third-order valence-corrected chi connectivity index (χ3v) is 5.64. The van der Waals surface area contributed by atoms with Gasteiger partial charge in [-0.3, -0.25) is 24.6 Å². The number of rotatable bonds is 5. The Morgan fingerprint density at radius 3 is 2.35 bits per heavy atom. The molecular formula is C22H27N3O6. The van der Waals surface area contributed by atoms with Gasteiger partial charge in [0.05, 0.1) is 11.1 Å². The molecule has 5 amide bonds. The van der Waals surface area contributed by atoms with E-state index in [0.29, 0.717) is 0 Å². The van der Waals surface area contributed by atoms with Gasteiger partial charge < -0.3 is 10.1 Å². The molecule has 1 heterocycles. The van der Waals surface area contributed by atoms with Crippen molar-refractivity contribution in [2.45, 2.75) is 71.1 Å². The van der Waals surface area contributed by atoms with Gasteiger partial charge in [-0.25, -0.2) is 9.59 Å². The number of imide groups is 2. The van der Waals surface area contributed by atoms with Crippen LogP contribution in [0.4, 0.5) is 4.79 Å². The maximum absolute atomic E-state index is 12.6. The quantitative estimate of drug-likeness (QED) is 0.546. The number of ether oxygens (including phenoxy) is 1. The van der Waals surface area contributed by atoms with Gasteiger partial charge in [0.25, 0.3) is 17.7 Å². The van der Waals surface area contributed by atoms with Crippen molar-refractivity contribution in [2.24, 2.45) is 0 Å². The summed E-state index contributed by atoms with van der Waals surface area (Å²) >= 11 is 0. The molecule has 2 atom stereocenters. The summed E-state index contributed by atoms with van der Waals surface area (Å²) in [4.78, 5) is 62.8. The number of carbonyl (C=O) groups is 5. The van der Waals surface area contributed by atoms with Gasteiger partial charge in [0.15, 0.2) is 6.10 Å². The zero-order chi connectivity index (χ0) is 22.7. The van der Waals surface area contributed by atoms with Crippen LogP contribution in [0.15, 0.2) is 18.2 Å². The van der Waals surface area contributed by atoms with E-state index in [1.54, 1.807) is 25.1 Å². The Morgan fingerprint density at radius 2 is 1.68 bits per heavy atom. The van der Waals surface area contributed by atoms with Crippen molar-refractivity contribution in [1.29, 1.82) is 0 Å². The van der Waals surface area contributed by atoms with Crippen LogP contribution in [0.1, 0.15) is 72.2 Å². The minimum Gasteiger partial charge on any atom is -0.451 e. The Labute approximate surface area is 180 Å². The van der Waals surface area contributed by atoms with Crippen molar-refractivity contribution in [1.82, 2.24) is 15.5 Å². The van der Waals surface area contributed by atoms with Gasteiger partial charge in [0.2, 0.25) is 0 Å². The largest absolute Gasteiger partial charge is 0.451 e. The lowest BCUT2D eigenvalue weighted by molar-refractivity contribution is -0.157. The number of hydrogen-bond donors (Lipinski definition) is 2. The van der Waals surface area contributed by atoms with Crippen molar-refractivity contribution < 1.29 is 28.7 Å². The number of esters is 1. The first kappa shape index (κ1) is 22.5. The van der Waals surface area contributed by atoms with Gasteiger partial charge in [-0.1, -0.05) is 30.9 Å². The summed E-state index contributed by atoms with van der Waals surface area (Å²) in [5.74, 6) is -2.88. The molecule has 3 rings (SSSR count). The predicted octanol–water partition coefficient (Wildman–Crippen LogP) is 2.07. The minimum atomic E-state index is -1.27. The highest BCUT2D eigenvalue weighted by molar-refractivity contribution is 6.22. The average molecular weight is 429 g/mol. The molecular weight excluding hydrogens is 402 g/mol. The fourth-order valence-electron chi connectivity index (χ4n) is 3.84. The monoisotopic (exact) mass is 429 g/mol. The number of fused-ring (bicyclic) bond motifs is 1. The van der Waals surface area contributed by atoms with Crippen LogP contribution in [0.3, 0.4) is 0 Å². The first-order valence-corrected chi connectivity index (χ1v) is 10.5. The van der Waals surface area contributed by atoms with E-state index < -0.39 is 41.9 Å². The zero-order valence-electron chi connectivity index (χ0n) is 17.9. The van der Waals surface area contributed by atoms with E-state index >= 15 is 0 Å². The fraction of sp³-hybridized carbons (Fsp3) is 0.500. The summed E-state index contributed by atoms with van der Waals surface area (Å²) < 4.78 is 5.12. The second-order valence-corrected chi connectivity index (χ2v) is 8.08. The third kappa shape index (κ3) is 4.92. The summed E-state index contributed by atoms with van der Waals surface area (Å²) in [6.45, 7) is 4.47. The number of carbonyl (C=O) groups excluding carboxylic acids is 5. The van der Waals surface area contributed by atoms with Gasteiger partial charge in [0.1, 0.15) is 6.04 Å². The lowest BCUT2D eigenvalue weighted by Crippen LogP contribution is -2.50. The van der Waals surface area contributed by atoms with Crippen LogP contribution >= 0.6 is 0 Å². The maximum atomic E-state index is 12.6. The third-order valence-electron chi connectivity index (χ3n) is 5.64. The topological polar surface area (TPSA) is 122 Å². The molecule has 0 bridgehead atoms. The highest BCUT2D eigenvalue weighted by Gasteiger charge is 2.42. The lowest BCUT2D eigenvalue weighted by atomic mass is 9.96. The molecule has 2 aliphatic rings. The summed E-state index contributed by atoms with van der Waals surface area (Å²) in [6, 6.07) is 3.01. The Hall–Kier alpha value is -3.23. The molecule has 9 nitrogen and oxygen atoms in total. The minimum absolute atomic E-state index is 0.0249. The van der Waals surface area contributed by atoms with Crippen LogP contribution in [0.5, 0.6) is 0 Å². The Morgan fingerprint density at radius 1 is 1.03 bits per heavy atom. The molecule has 0 saturated heterocycles. The second kappa shape index (κ2) is 9.28. The number of nitrogens with zero attached hydrogens (tertiary/aromatic N) is 1. The highest BCUT2D eigenvalue weighted by Crippen LogP contribution is 2.26. The van der Waals surface area contributed by atoms with Gasteiger partial charge in [0, 0.05) is 6.04 Å². The molecule has 1 aliphatic carbocycles. The maximum Gasteiger partial charge on any atom is 0.329 e.